The van der Waals surface area contributed by atoms with Crippen LogP contribution < -0.4 is 10.2 Å². The Morgan fingerprint density at radius 1 is 1.23 bits per heavy atom. The minimum atomic E-state index is -0.221. The number of nitrogens with one attached hydrogen (secondary N) is 1. The molecule has 5 rings (SSSR count). The molecule has 1 aromatic carbocycles. The van der Waals surface area contributed by atoms with Crippen LogP contribution in [0.4, 0.5) is 10.1 Å². The Balaban J connectivity index is 1.58. The normalized spacial score (nSPS) is 23.4. The zero-order chi connectivity index (χ0) is 21.4. The first kappa shape index (κ1) is 20.2. The van der Waals surface area contributed by atoms with Crippen molar-refractivity contribution in [3.63, 3.8) is 0 Å². The largest absolute Gasteiger partial charge is 0.376 e. The standard InChI is InChI=1S/C24H25FN4OS/c1-16-14-17(9-10-19(16)25)29-23(22(27-24(29)31)20-7-2-3-11-26-20)21-8-4-12-28(21)15-18-6-5-13-30-18/h2-4,7-12,14,18,22-23H,5-6,13,15H2,1H3,(H,27,31)/t18-,22-,23-/m0/s1. The number of anilines is 1. The highest BCUT2D eigenvalue weighted by Gasteiger charge is 2.42. The van der Waals surface area contributed by atoms with Crippen LogP contribution >= 0.6 is 12.2 Å². The molecule has 1 N–H and O–H groups in total. The number of aromatic nitrogens is 2. The molecule has 0 saturated carbocycles. The maximum atomic E-state index is 14.0. The van der Waals surface area contributed by atoms with E-state index in [1.165, 1.54) is 6.07 Å². The maximum Gasteiger partial charge on any atom is 0.174 e. The van der Waals surface area contributed by atoms with E-state index in [9.17, 15) is 4.39 Å². The molecular weight excluding hydrogens is 411 g/mol. The fourth-order valence-corrected chi connectivity index (χ4v) is 4.93. The zero-order valence-corrected chi connectivity index (χ0v) is 18.2. The summed E-state index contributed by atoms with van der Waals surface area (Å²) in [5.41, 5.74) is 3.50. The van der Waals surface area contributed by atoms with E-state index in [-0.39, 0.29) is 24.0 Å². The molecule has 2 aliphatic rings. The lowest BCUT2D eigenvalue weighted by molar-refractivity contribution is 0.0961. The van der Waals surface area contributed by atoms with E-state index in [2.05, 4.69) is 38.1 Å². The molecule has 0 radical (unpaired) electrons. The van der Waals surface area contributed by atoms with Crippen molar-refractivity contribution >= 4 is 23.0 Å². The molecule has 0 bridgehead atoms. The van der Waals surface area contributed by atoms with Gasteiger partial charge in [0, 0.05) is 36.9 Å². The van der Waals surface area contributed by atoms with E-state index < -0.39 is 0 Å². The Labute approximate surface area is 186 Å². The molecule has 0 spiro atoms. The van der Waals surface area contributed by atoms with Crippen molar-refractivity contribution in [1.82, 2.24) is 14.9 Å². The van der Waals surface area contributed by atoms with E-state index in [1.54, 1.807) is 19.2 Å². The molecule has 0 aliphatic carbocycles. The van der Waals surface area contributed by atoms with Gasteiger partial charge in [-0.2, -0.15) is 0 Å². The van der Waals surface area contributed by atoms with Crippen LogP contribution in [0.25, 0.3) is 0 Å². The van der Waals surface area contributed by atoms with Gasteiger partial charge in [-0.05, 0) is 80.0 Å². The van der Waals surface area contributed by atoms with Crippen LogP contribution in [0.1, 0.15) is 41.9 Å². The van der Waals surface area contributed by atoms with Crippen LogP contribution in [0.5, 0.6) is 0 Å². The summed E-state index contributed by atoms with van der Waals surface area (Å²) in [5, 5.41) is 4.08. The maximum absolute atomic E-state index is 14.0. The van der Waals surface area contributed by atoms with Crippen molar-refractivity contribution in [2.75, 3.05) is 11.5 Å². The predicted molar refractivity (Wildman–Crippen MR) is 122 cm³/mol. The van der Waals surface area contributed by atoms with Crippen molar-refractivity contribution in [1.29, 1.82) is 0 Å². The van der Waals surface area contributed by atoms with Gasteiger partial charge >= 0.3 is 0 Å². The summed E-state index contributed by atoms with van der Waals surface area (Å²) in [6.45, 7) is 3.40. The van der Waals surface area contributed by atoms with Crippen LogP contribution in [-0.4, -0.2) is 27.4 Å². The van der Waals surface area contributed by atoms with Crippen LogP contribution in [0, 0.1) is 12.7 Å². The SMILES string of the molecule is Cc1cc(N2C(=S)N[C@@H](c3ccccn3)[C@@H]2c2cccn2C[C@@H]2CCCO2)ccc1F. The van der Waals surface area contributed by atoms with E-state index in [1.807, 2.05) is 24.3 Å². The smallest absolute Gasteiger partial charge is 0.174 e. The van der Waals surface area contributed by atoms with E-state index in [4.69, 9.17) is 17.0 Å². The summed E-state index contributed by atoms with van der Waals surface area (Å²) in [5.74, 6) is -0.221. The molecule has 160 valence electrons. The molecule has 0 amide bonds. The van der Waals surface area contributed by atoms with Gasteiger partial charge in [-0.15, -0.1) is 0 Å². The van der Waals surface area contributed by atoms with Crippen molar-refractivity contribution in [2.24, 2.45) is 0 Å². The van der Waals surface area contributed by atoms with Crippen molar-refractivity contribution in [3.05, 3.63) is 83.7 Å². The van der Waals surface area contributed by atoms with Gasteiger partial charge in [-0.3, -0.25) is 4.98 Å². The molecule has 7 heteroatoms. The second kappa shape index (κ2) is 8.40. The Bertz CT molecular complexity index is 1080. The number of benzene rings is 1. The first-order chi connectivity index (χ1) is 15.1. The number of ether oxygens (including phenoxy) is 1. The minimum Gasteiger partial charge on any atom is -0.376 e. The van der Waals surface area contributed by atoms with E-state index >= 15 is 0 Å². The molecule has 5 nitrogen and oxygen atoms in total. The highest BCUT2D eigenvalue weighted by Crippen LogP contribution is 2.42. The Hall–Kier alpha value is -2.77. The predicted octanol–water partition coefficient (Wildman–Crippen LogP) is 4.69. The summed E-state index contributed by atoms with van der Waals surface area (Å²) in [6.07, 6.45) is 6.30. The van der Waals surface area contributed by atoms with Crippen LogP contribution in [0.3, 0.4) is 0 Å². The third-order valence-corrected chi connectivity index (χ3v) is 6.42. The summed E-state index contributed by atoms with van der Waals surface area (Å²) < 4.78 is 22.1. The molecule has 4 heterocycles. The first-order valence-electron chi connectivity index (χ1n) is 10.7. The lowest BCUT2D eigenvalue weighted by atomic mass is 10.0. The second-order valence-electron chi connectivity index (χ2n) is 8.15. The van der Waals surface area contributed by atoms with Gasteiger partial charge < -0.3 is 19.5 Å². The number of pyridine rings is 1. The van der Waals surface area contributed by atoms with E-state index in [0.29, 0.717) is 10.7 Å². The molecule has 2 saturated heterocycles. The Morgan fingerprint density at radius 3 is 2.87 bits per heavy atom. The van der Waals surface area contributed by atoms with Gasteiger partial charge in [0.05, 0.1) is 17.8 Å². The molecule has 0 unspecified atom stereocenters. The molecule has 31 heavy (non-hydrogen) atoms. The Morgan fingerprint density at radius 2 is 2.13 bits per heavy atom. The van der Waals surface area contributed by atoms with Crippen LogP contribution in [-0.2, 0) is 11.3 Å². The number of aryl methyl sites for hydroxylation is 1. The lowest BCUT2D eigenvalue weighted by Gasteiger charge is -2.29. The molecule has 2 aliphatic heterocycles. The van der Waals surface area contributed by atoms with Gasteiger partial charge in [0.25, 0.3) is 0 Å². The van der Waals surface area contributed by atoms with Crippen molar-refractivity contribution in [3.8, 4) is 0 Å². The monoisotopic (exact) mass is 436 g/mol. The van der Waals surface area contributed by atoms with Crippen LogP contribution in [0.15, 0.2) is 60.9 Å². The molecule has 2 aromatic heterocycles. The average Bonchev–Trinajstić information content (AvgIpc) is 3.52. The third-order valence-electron chi connectivity index (χ3n) is 6.11. The number of halogens is 1. The third kappa shape index (κ3) is 3.83. The quantitative estimate of drug-likeness (QED) is 0.588. The van der Waals surface area contributed by atoms with Crippen molar-refractivity contribution < 1.29 is 9.13 Å². The summed E-state index contributed by atoms with van der Waals surface area (Å²) in [6, 6.07) is 15.0. The van der Waals surface area contributed by atoms with Crippen molar-refractivity contribution in [2.45, 2.75) is 44.5 Å². The van der Waals surface area contributed by atoms with Gasteiger partial charge in [-0.25, -0.2) is 4.39 Å². The molecule has 3 atom stereocenters. The van der Waals surface area contributed by atoms with Gasteiger partial charge in [0.15, 0.2) is 5.11 Å². The number of thiocarbonyl (C=S) groups is 1. The fraction of sp³-hybridized carbons (Fsp3) is 0.333. The highest BCUT2D eigenvalue weighted by atomic mass is 32.1. The van der Waals surface area contributed by atoms with Gasteiger partial charge in [-0.1, -0.05) is 6.07 Å². The number of nitrogens with zero attached hydrogens (tertiary/aromatic N) is 3. The molecule has 3 aromatic rings. The molecular formula is C24H25FN4OS. The number of hydrogen-bond donors (Lipinski definition) is 1. The first-order valence-corrected chi connectivity index (χ1v) is 11.1. The topological polar surface area (TPSA) is 42.3 Å². The second-order valence-corrected chi connectivity index (χ2v) is 8.54. The zero-order valence-electron chi connectivity index (χ0n) is 17.4. The number of hydrogen-bond acceptors (Lipinski definition) is 3. The van der Waals surface area contributed by atoms with Crippen LogP contribution in [0.2, 0.25) is 0 Å². The molecule has 2 fully saturated rings. The number of rotatable bonds is 5. The average molecular weight is 437 g/mol. The van der Waals surface area contributed by atoms with E-state index in [0.717, 1.165) is 43.1 Å². The fourth-order valence-electron chi connectivity index (χ4n) is 4.58. The van der Waals surface area contributed by atoms with Gasteiger partial charge in [0.2, 0.25) is 0 Å². The Kier molecular flexibility index (Phi) is 5.46. The lowest BCUT2D eigenvalue weighted by Crippen LogP contribution is -2.31. The summed E-state index contributed by atoms with van der Waals surface area (Å²) >= 11 is 5.77. The summed E-state index contributed by atoms with van der Waals surface area (Å²) in [7, 11) is 0. The highest BCUT2D eigenvalue weighted by molar-refractivity contribution is 7.80. The van der Waals surface area contributed by atoms with Gasteiger partial charge in [0.1, 0.15) is 11.9 Å². The summed E-state index contributed by atoms with van der Waals surface area (Å²) in [4.78, 5) is 6.69. The minimum absolute atomic E-state index is 0.122.